The molecule has 1 saturated heterocycles. The van der Waals surface area contributed by atoms with Gasteiger partial charge in [-0.1, -0.05) is 0 Å². The molecule has 0 N–H and O–H groups in total. The highest BCUT2D eigenvalue weighted by Crippen LogP contribution is 2.41. The monoisotopic (exact) mass is 297 g/mol. The van der Waals surface area contributed by atoms with E-state index in [0.29, 0.717) is 17.7 Å². The van der Waals surface area contributed by atoms with Crippen LogP contribution in [-0.4, -0.2) is 41.6 Å². The molecule has 1 aliphatic rings. The highest BCUT2D eigenvalue weighted by molar-refractivity contribution is 6.18. The molecule has 2 nitrogen and oxygen atoms in total. The molecule has 0 radical (unpaired) electrons. The van der Waals surface area contributed by atoms with Crippen molar-refractivity contribution in [3.05, 3.63) is 0 Å². The molecule has 1 atom stereocenters. The number of hydrogen-bond donors (Lipinski definition) is 0. The van der Waals surface area contributed by atoms with Crippen molar-refractivity contribution in [2.24, 2.45) is 5.92 Å². The van der Waals surface area contributed by atoms with E-state index in [-0.39, 0.29) is 12.4 Å². The Morgan fingerprint density at radius 1 is 1.22 bits per heavy atom. The summed E-state index contributed by atoms with van der Waals surface area (Å²) < 4.78 is 74.1. The van der Waals surface area contributed by atoms with Crippen LogP contribution in [0.2, 0.25) is 0 Å². The van der Waals surface area contributed by atoms with Crippen LogP contribution in [0.4, 0.5) is 26.3 Å². The topological polar surface area (TPSA) is 20.3 Å². The van der Waals surface area contributed by atoms with Crippen molar-refractivity contribution in [1.82, 2.24) is 4.90 Å². The molecule has 0 aliphatic carbocycles. The second-order valence-electron chi connectivity index (χ2n) is 4.00. The predicted molar refractivity (Wildman–Crippen MR) is 51.1 cm³/mol. The lowest BCUT2D eigenvalue weighted by molar-refractivity contribution is -0.277. The van der Waals surface area contributed by atoms with Gasteiger partial charge in [-0.15, -0.1) is 11.6 Å². The van der Waals surface area contributed by atoms with E-state index in [1.807, 2.05) is 0 Å². The number of likely N-dealkylation sites (tertiary alicyclic amines) is 1. The van der Waals surface area contributed by atoms with Gasteiger partial charge in [0.15, 0.2) is 0 Å². The van der Waals surface area contributed by atoms with Gasteiger partial charge in [-0.3, -0.25) is 4.79 Å². The lowest BCUT2D eigenvalue weighted by Crippen LogP contribution is -2.51. The van der Waals surface area contributed by atoms with Gasteiger partial charge in [-0.2, -0.15) is 26.3 Å². The van der Waals surface area contributed by atoms with E-state index in [4.69, 9.17) is 11.6 Å². The third-order valence-corrected chi connectivity index (χ3v) is 3.10. The third kappa shape index (κ3) is 3.21. The van der Waals surface area contributed by atoms with Gasteiger partial charge in [-0.25, -0.2) is 0 Å². The van der Waals surface area contributed by atoms with Crippen LogP contribution in [0.15, 0.2) is 0 Å². The van der Waals surface area contributed by atoms with Crippen LogP contribution in [0, 0.1) is 5.92 Å². The van der Waals surface area contributed by atoms with E-state index in [9.17, 15) is 31.1 Å². The molecule has 1 fully saturated rings. The van der Waals surface area contributed by atoms with Gasteiger partial charge < -0.3 is 4.90 Å². The summed E-state index contributed by atoms with van der Waals surface area (Å²) in [5, 5.41) is 0. The van der Waals surface area contributed by atoms with Crippen LogP contribution in [0.25, 0.3) is 0 Å². The number of carbonyl (C=O) groups is 1. The molecule has 1 aliphatic heterocycles. The predicted octanol–water partition coefficient (Wildman–Crippen LogP) is 2.96. The molecule has 9 heteroatoms. The Bertz CT molecular complexity index is 301. The minimum Gasteiger partial charge on any atom is -0.338 e. The van der Waals surface area contributed by atoms with Gasteiger partial charge in [0.25, 0.3) is 0 Å². The fraction of sp³-hybridized carbons (Fsp3) is 0.889. The van der Waals surface area contributed by atoms with Crippen LogP contribution < -0.4 is 0 Å². The highest BCUT2D eigenvalue weighted by atomic mass is 35.5. The van der Waals surface area contributed by atoms with Gasteiger partial charge in [0, 0.05) is 18.5 Å². The maximum atomic E-state index is 12.4. The van der Waals surface area contributed by atoms with Gasteiger partial charge in [0.05, 0.1) is 0 Å². The van der Waals surface area contributed by atoms with Crippen LogP contribution >= 0.6 is 11.6 Å². The first-order valence-electron chi connectivity index (χ1n) is 5.09. The Balaban J connectivity index is 2.97. The zero-order valence-corrected chi connectivity index (χ0v) is 9.74. The maximum Gasteiger partial charge on any atom is 0.409 e. The summed E-state index contributed by atoms with van der Waals surface area (Å²) in [7, 11) is 0. The van der Waals surface area contributed by atoms with Crippen molar-refractivity contribution in [1.29, 1.82) is 0 Å². The first-order chi connectivity index (χ1) is 8.09. The van der Waals surface area contributed by atoms with Gasteiger partial charge in [0.2, 0.25) is 11.8 Å². The number of halogens is 7. The van der Waals surface area contributed by atoms with E-state index in [1.165, 1.54) is 0 Å². The SMILES string of the molecule is O=C(C(C(F)(F)F)C(F)(F)F)N1CCCC1CCl. The Hall–Kier alpha value is -0.660. The first-order valence-corrected chi connectivity index (χ1v) is 5.62. The molecule has 0 spiro atoms. The maximum absolute atomic E-state index is 12.4. The van der Waals surface area contributed by atoms with Crippen LogP contribution in [0.5, 0.6) is 0 Å². The molecule has 1 heterocycles. The number of hydrogen-bond acceptors (Lipinski definition) is 1. The van der Waals surface area contributed by atoms with E-state index in [0.717, 1.165) is 0 Å². The number of alkyl halides is 7. The van der Waals surface area contributed by atoms with E-state index >= 15 is 0 Å². The summed E-state index contributed by atoms with van der Waals surface area (Å²) >= 11 is 5.42. The fourth-order valence-electron chi connectivity index (χ4n) is 1.92. The molecule has 1 rings (SSSR count). The second-order valence-corrected chi connectivity index (χ2v) is 4.31. The first kappa shape index (κ1) is 15.4. The van der Waals surface area contributed by atoms with Crippen molar-refractivity contribution < 1.29 is 31.1 Å². The smallest absolute Gasteiger partial charge is 0.338 e. The van der Waals surface area contributed by atoms with Crippen LogP contribution in [0.3, 0.4) is 0 Å². The largest absolute Gasteiger partial charge is 0.409 e. The summed E-state index contributed by atoms with van der Waals surface area (Å²) in [6, 6.07) is -0.758. The minimum atomic E-state index is -5.64. The van der Waals surface area contributed by atoms with Crippen molar-refractivity contribution in [2.75, 3.05) is 12.4 Å². The average molecular weight is 298 g/mol. The number of rotatable bonds is 2. The zero-order valence-electron chi connectivity index (χ0n) is 8.98. The van der Waals surface area contributed by atoms with Crippen molar-refractivity contribution >= 4 is 17.5 Å². The van der Waals surface area contributed by atoms with Crippen molar-refractivity contribution in [3.63, 3.8) is 0 Å². The third-order valence-electron chi connectivity index (χ3n) is 2.74. The van der Waals surface area contributed by atoms with E-state index < -0.39 is 30.2 Å². The lowest BCUT2D eigenvalue weighted by Gasteiger charge is -2.29. The summed E-state index contributed by atoms with van der Waals surface area (Å²) in [5.41, 5.74) is 0. The summed E-state index contributed by atoms with van der Waals surface area (Å²) in [6.07, 6.45) is -10.6. The lowest BCUT2D eigenvalue weighted by atomic mass is 10.1. The van der Waals surface area contributed by atoms with Crippen molar-refractivity contribution in [2.45, 2.75) is 31.2 Å². The number of amides is 1. The molecular formula is C9H10ClF6NO. The van der Waals surface area contributed by atoms with E-state index in [1.54, 1.807) is 0 Å². The van der Waals surface area contributed by atoms with Crippen molar-refractivity contribution in [3.8, 4) is 0 Å². The Morgan fingerprint density at radius 2 is 1.72 bits per heavy atom. The molecule has 1 amide bonds. The molecule has 0 aromatic heterocycles. The van der Waals surface area contributed by atoms with E-state index in [2.05, 4.69) is 0 Å². The molecule has 0 aromatic rings. The second kappa shape index (κ2) is 5.14. The molecule has 18 heavy (non-hydrogen) atoms. The Morgan fingerprint density at radius 3 is 2.11 bits per heavy atom. The highest BCUT2D eigenvalue weighted by Gasteiger charge is 2.62. The molecule has 0 bridgehead atoms. The molecule has 0 aromatic carbocycles. The van der Waals surface area contributed by atoms with Gasteiger partial charge in [0.1, 0.15) is 0 Å². The summed E-state index contributed by atoms with van der Waals surface area (Å²) in [6.45, 7) is -0.126. The Labute approximate surface area is 104 Å². The van der Waals surface area contributed by atoms with Crippen LogP contribution in [0.1, 0.15) is 12.8 Å². The quantitative estimate of drug-likeness (QED) is 0.567. The van der Waals surface area contributed by atoms with Crippen LogP contribution in [-0.2, 0) is 4.79 Å². The van der Waals surface area contributed by atoms with Gasteiger partial charge >= 0.3 is 12.4 Å². The summed E-state index contributed by atoms with van der Waals surface area (Å²) in [4.78, 5) is 12.0. The molecule has 1 unspecified atom stereocenters. The Kier molecular flexibility index (Phi) is 4.40. The normalized spacial score (nSPS) is 21.8. The fourth-order valence-corrected chi connectivity index (χ4v) is 2.24. The molecule has 0 saturated carbocycles. The number of carbonyl (C=O) groups excluding carboxylic acids is 1. The molecular weight excluding hydrogens is 288 g/mol. The standard InChI is InChI=1S/C9H10ClF6NO/c10-4-5-2-1-3-17(5)7(18)6(8(11,12)13)9(14,15)16/h5-6H,1-4H2. The zero-order chi connectivity index (χ0) is 14.1. The van der Waals surface area contributed by atoms with Gasteiger partial charge in [-0.05, 0) is 12.8 Å². The average Bonchev–Trinajstić information content (AvgIpc) is 2.59. The number of nitrogens with zero attached hydrogens (tertiary/aromatic N) is 1. The molecule has 106 valence electrons. The summed E-state index contributed by atoms with van der Waals surface area (Å²) in [5.74, 6) is -6.10. The minimum absolute atomic E-state index is 0.126.